The van der Waals surface area contributed by atoms with Crippen LogP contribution in [0.3, 0.4) is 0 Å². The summed E-state index contributed by atoms with van der Waals surface area (Å²) in [6.07, 6.45) is 1.05. The van der Waals surface area contributed by atoms with Gasteiger partial charge in [0, 0.05) is 12.1 Å². The Morgan fingerprint density at radius 2 is 1.44 bits per heavy atom. The lowest BCUT2D eigenvalue weighted by molar-refractivity contribution is 0.0936. The second kappa shape index (κ2) is 9.31. The van der Waals surface area contributed by atoms with Crippen LogP contribution < -0.4 is 19.5 Å². The summed E-state index contributed by atoms with van der Waals surface area (Å²) in [6, 6.07) is 11.5. The van der Waals surface area contributed by atoms with E-state index < -0.39 is 0 Å². The van der Waals surface area contributed by atoms with Crippen LogP contribution in [-0.2, 0) is 6.42 Å². The molecule has 1 unspecified atom stereocenters. The lowest BCUT2D eigenvalue weighted by Gasteiger charge is -2.18. The van der Waals surface area contributed by atoms with Crippen LogP contribution in [0, 0.1) is 5.92 Å². The molecule has 1 atom stereocenters. The summed E-state index contributed by atoms with van der Waals surface area (Å²) in [5.41, 5.74) is 2.75. The number of rotatable bonds is 8. The lowest BCUT2D eigenvalue weighted by Crippen LogP contribution is -2.27. The highest BCUT2D eigenvalue weighted by atomic mass is 16.5. The van der Waals surface area contributed by atoms with Crippen molar-refractivity contribution in [3.8, 4) is 17.2 Å². The predicted octanol–water partition coefficient (Wildman–Crippen LogP) is 4.40. The molecule has 5 nitrogen and oxygen atoms in total. The maximum Gasteiger partial charge on any atom is 0.255 e. The molecule has 1 amide bonds. The molecule has 146 valence electrons. The standard InChI is InChI=1S/C22H29NO4/c1-14(2)11-16-7-9-17(10-8-16)15(3)23-22(24)18-12-20(26-5)21(27-6)13-19(18)25-4/h7-10,12-15H,11H2,1-6H3,(H,23,24). The number of amides is 1. The van der Waals surface area contributed by atoms with E-state index in [1.54, 1.807) is 19.2 Å². The minimum absolute atomic E-state index is 0.136. The molecular weight excluding hydrogens is 342 g/mol. The smallest absolute Gasteiger partial charge is 0.255 e. The van der Waals surface area contributed by atoms with E-state index in [9.17, 15) is 4.79 Å². The fourth-order valence-corrected chi connectivity index (χ4v) is 2.98. The number of carbonyl (C=O) groups is 1. The molecule has 1 N–H and O–H groups in total. The zero-order valence-electron chi connectivity index (χ0n) is 17.0. The molecule has 0 heterocycles. The Morgan fingerprint density at radius 1 is 0.889 bits per heavy atom. The second-order valence-corrected chi connectivity index (χ2v) is 6.94. The molecule has 0 aliphatic rings. The summed E-state index contributed by atoms with van der Waals surface area (Å²) in [6.45, 7) is 6.36. The van der Waals surface area contributed by atoms with Crippen molar-refractivity contribution in [1.29, 1.82) is 0 Å². The van der Waals surface area contributed by atoms with Gasteiger partial charge in [0.2, 0.25) is 0 Å². The number of methoxy groups -OCH3 is 3. The van der Waals surface area contributed by atoms with Crippen molar-refractivity contribution in [2.45, 2.75) is 33.2 Å². The highest BCUT2D eigenvalue weighted by Gasteiger charge is 2.19. The van der Waals surface area contributed by atoms with Crippen molar-refractivity contribution in [1.82, 2.24) is 5.32 Å². The topological polar surface area (TPSA) is 56.8 Å². The number of nitrogens with one attached hydrogen (secondary N) is 1. The molecule has 0 fully saturated rings. The molecule has 2 aromatic rings. The van der Waals surface area contributed by atoms with Crippen LogP contribution in [0.1, 0.15) is 48.3 Å². The molecule has 27 heavy (non-hydrogen) atoms. The van der Waals surface area contributed by atoms with Gasteiger partial charge < -0.3 is 19.5 Å². The quantitative estimate of drug-likeness (QED) is 0.747. The summed E-state index contributed by atoms with van der Waals surface area (Å²) < 4.78 is 15.9. The van der Waals surface area contributed by atoms with Crippen molar-refractivity contribution in [3.05, 3.63) is 53.1 Å². The summed E-state index contributed by atoms with van der Waals surface area (Å²) in [5.74, 6) is 1.82. The summed E-state index contributed by atoms with van der Waals surface area (Å²) >= 11 is 0. The van der Waals surface area contributed by atoms with Gasteiger partial charge in [-0.3, -0.25) is 4.79 Å². The fourth-order valence-electron chi connectivity index (χ4n) is 2.98. The predicted molar refractivity (Wildman–Crippen MR) is 107 cm³/mol. The maximum atomic E-state index is 12.8. The average Bonchev–Trinajstić information content (AvgIpc) is 2.66. The Morgan fingerprint density at radius 3 is 1.96 bits per heavy atom. The average molecular weight is 371 g/mol. The summed E-state index contributed by atoms with van der Waals surface area (Å²) in [4.78, 5) is 12.8. The molecule has 2 aromatic carbocycles. The summed E-state index contributed by atoms with van der Waals surface area (Å²) in [5, 5.41) is 3.02. The Kier molecular flexibility index (Phi) is 7.11. The largest absolute Gasteiger partial charge is 0.496 e. The van der Waals surface area contributed by atoms with Crippen LogP contribution in [0.15, 0.2) is 36.4 Å². The lowest BCUT2D eigenvalue weighted by atomic mass is 10.00. The van der Waals surface area contributed by atoms with Crippen molar-refractivity contribution >= 4 is 5.91 Å². The summed E-state index contributed by atoms with van der Waals surface area (Å²) in [7, 11) is 4.60. The van der Waals surface area contributed by atoms with E-state index in [1.165, 1.54) is 19.8 Å². The molecule has 0 spiro atoms. The first-order valence-electron chi connectivity index (χ1n) is 9.09. The molecule has 0 radical (unpaired) electrons. The minimum Gasteiger partial charge on any atom is -0.496 e. The first-order valence-corrected chi connectivity index (χ1v) is 9.09. The van der Waals surface area contributed by atoms with E-state index in [-0.39, 0.29) is 11.9 Å². The highest BCUT2D eigenvalue weighted by molar-refractivity contribution is 5.98. The van der Waals surface area contributed by atoms with Crippen LogP contribution >= 0.6 is 0 Å². The van der Waals surface area contributed by atoms with Crippen LogP contribution in [0.4, 0.5) is 0 Å². The van der Waals surface area contributed by atoms with E-state index >= 15 is 0 Å². The third kappa shape index (κ3) is 5.16. The van der Waals surface area contributed by atoms with E-state index in [2.05, 4.69) is 43.4 Å². The molecule has 0 aliphatic carbocycles. The number of hydrogen-bond donors (Lipinski definition) is 1. The number of carbonyl (C=O) groups excluding carboxylic acids is 1. The number of hydrogen-bond acceptors (Lipinski definition) is 4. The minimum atomic E-state index is -0.230. The Labute approximate surface area is 161 Å². The third-order valence-corrected chi connectivity index (χ3v) is 4.42. The van der Waals surface area contributed by atoms with Gasteiger partial charge in [0.15, 0.2) is 11.5 Å². The normalized spacial score (nSPS) is 11.8. The Bertz CT molecular complexity index is 769. The maximum absolute atomic E-state index is 12.8. The van der Waals surface area contributed by atoms with Gasteiger partial charge in [-0.15, -0.1) is 0 Å². The Balaban J connectivity index is 2.18. The molecular formula is C22H29NO4. The SMILES string of the molecule is COc1cc(OC)c(C(=O)NC(C)c2ccc(CC(C)C)cc2)cc1OC. The monoisotopic (exact) mass is 371 g/mol. The first-order chi connectivity index (χ1) is 12.9. The van der Waals surface area contributed by atoms with Gasteiger partial charge in [-0.2, -0.15) is 0 Å². The number of benzene rings is 2. The molecule has 0 saturated heterocycles. The fraction of sp³-hybridized carbons (Fsp3) is 0.409. The molecule has 0 saturated carbocycles. The van der Waals surface area contributed by atoms with E-state index in [4.69, 9.17) is 14.2 Å². The van der Waals surface area contributed by atoms with Crippen LogP contribution in [-0.4, -0.2) is 27.2 Å². The van der Waals surface area contributed by atoms with Crippen molar-refractivity contribution in [2.75, 3.05) is 21.3 Å². The van der Waals surface area contributed by atoms with Crippen LogP contribution in [0.2, 0.25) is 0 Å². The first kappa shape index (κ1) is 20.6. The van der Waals surface area contributed by atoms with E-state index in [0.717, 1.165) is 12.0 Å². The number of ether oxygens (including phenoxy) is 3. The molecule has 0 aliphatic heterocycles. The third-order valence-electron chi connectivity index (χ3n) is 4.42. The van der Waals surface area contributed by atoms with Gasteiger partial charge in [-0.05, 0) is 30.4 Å². The zero-order valence-corrected chi connectivity index (χ0v) is 17.0. The zero-order chi connectivity index (χ0) is 20.0. The van der Waals surface area contributed by atoms with Gasteiger partial charge in [0.05, 0.1) is 32.9 Å². The van der Waals surface area contributed by atoms with Gasteiger partial charge in [-0.1, -0.05) is 38.1 Å². The van der Waals surface area contributed by atoms with Gasteiger partial charge in [0.1, 0.15) is 5.75 Å². The van der Waals surface area contributed by atoms with E-state index in [0.29, 0.717) is 28.7 Å². The van der Waals surface area contributed by atoms with Crippen LogP contribution in [0.25, 0.3) is 0 Å². The van der Waals surface area contributed by atoms with Crippen molar-refractivity contribution < 1.29 is 19.0 Å². The van der Waals surface area contributed by atoms with Gasteiger partial charge in [0.25, 0.3) is 5.91 Å². The van der Waals surface area contributed by atoms with Gasteiger partial charge >= 0.3 is 0 Å². The molecule has 5 heteroatoms. The second-order valence-electron chi connectivity index (χ2n) is 6.94. The Hall–Kier alpha value is -2.69. The van der Waals surface area contributed by atoms with Crippen LogP contribution in [0.5, 0.6) is 17.2 Å². The van der Waals surface area contributed by atoms with Gasteiger partial charge in [-0.25, -0.2) is 0 Å². The molecule has 2 rings (SSSR count). The molecule has 0 aromatic heterocycles. The van der Waals surface area contributed by atoms with Crippen molar-refractivity contribution in [3.63, 3.8) is 0 Å². The molecule has 0 bridgehead atoms. The highest BCUT2D eigenvalue weighted by Crippen LogP contribution is 2.34. The van der Waals surface area contributed by atoms with Crippen molar-refractivity contribution in [2.24, 2.45) is 5.92 Å². The van der Waals surface area contributed by atoms with E-state index in [1.807, 2.05) is 6.92 Å².